The fourth-order valence-electron chi connectivity index (χ4n) is 2.28. The predicted octanol–water partition coefficient (Wildman–Crippen LogP) is 2.32. The lowest BCUT2D eigenvalue weighted by molar-refractivity contribution is 0.744. The van der Waals surface area contributed by atoms with Crippen molar-refractivity contribution in [3.63, 3.8) is 0 Å². The zero-order chi connectivity index (χ0) is 12.9. The number of rotatable bonds is 3. The molecule has 2 aromatic carbocycles. The standard InChI is InChI=1S/C16H17N3/c1-3-7-13(8-4-1)15(14-9-5-2-6-10-14)19-16-17-11-12-18-16/h1-10,15H,11-12H2,(H2,17,18,19). The lowest BCUT2D eigenvalue weighted by atomic mass is 9.99. The van der Waals surface area contributed by atoms with Gasteiger partial charge in [0, 0.05) is 6.54 Å². The van der Waals surface area contributed by atoms with Gasteiger partial charge in [0.2, 0.25) is 0 Å². The van der Waals surface area contributed by atoms with Crippen LogP contribution in [0.4, 0.5) is 0 Å². The molecule has 1 heterocycles. The molecule has 0 amide bonds. The maximum Gasteiger partial charge on any atom is 0.192 e. The minimum absolute atomic E-state index is 0.131. The first kappa shape index (κ1) is 11.8. The molecule has 0 aromatic heterocycles. The molecule has 0 radical (unpaired) electrons. The summed E-state index contributed by atoms with van der Waals surface area (Å²) < 4.78 is 0. The number of hydrogen-bond donors (Lipinski definition) is 2. The molecule has 1 aliphatic heterocycles. The second-order valence-corrected chi connectivity index (χ2v) is 4.56. The first-order chi connectivity index (χ1) is 9.43. The highest BCUT2D eigenvalue weighted by molar-refractivity contribution is 5.82. The molecular weight excluding hydrogens is 234 g/mol. The van der Waals surface area contributed by atoms with Crippen LogP contribution in [0.15, 0.2) is 65.7 Å². The van der Waals surface area contributed by atoms with Crippen LogP contribution in [0.3, 0.4) is 0 Å². The second-order valence-electron chi connectivity index (χ2n) is 4.56. The van der Waals surface area contributed by atoms with Crippen molar-refractivity contribution in [1.29, 1.82) is 0 Å². The van der Waals surface area contributed by atoms with Gasteiger partial charge in [0.25, 0.3) is 0 Å². The van der Waals surface area contributed by atoms with E-state index >= 15 is 0 Å². The maximum absolute atomic E-state index is 4.42. The van der Waals surface area contributed by atoms with E-state index in [1.54, 1.807) is 0 Å². The molecule has 2 N–H and O–H groups in total. The highest BCUT2D eigenvalue weighted by Crippen LogP contribution is 2.21. The second kappa shape index (κ2) is 5.57. The Morgan fingerprint density at radius 2 is 1.47 bits per heavy atom. The van der Waals surface area contributed by atoms with E-state index in [9.17, 15) is 0 Å². The Labute approximate surface area is 113 Å². The summed E-state index contributed by atoms with van der Waals surface area (Å²) in [5.41, 5.74) is 2.48. The Bertz CT molecular complexity index is 509. The van der Waals surface area contributed by atoms with Crippen LogP contribution in [0.2, 0.25) is 0 Å². The Balaban J connectivity index is 1.91. The molecule has 0 saturated heterocycles. The van der Waals surface area contributed by atoms with Crippen molar-refractivity contribution in [2.24, 2.45) is 4.99 Å². The van der Waals surface area contributed by atoms with E-state index in [0.717, 1.165) is 19.0 Å². The minimum Gasteiger partial charge on any atom is -0.355 e. The zero-order valence-corrected chi connectivity index (χ0v) is 10.7. The number of guanidine groups is 1. The summed E-state index contributed by atoms with van der Waals surface area (Å²) in [6, 6.07) is 21.0. The van der Waals surface area contributed by atoms with Gasteiger partial charge < -0.3 is 10.6 Å². The van der Waals surface area contributed by atoms with E-state index in [-0.39, 0.29) is 6.04 Å². The fourth-order valence-corrected chi connectivity index (χ4v) is 2.28. The summed E-state index contributed by atoms with van der Waals surface area (Å²) in [5.74, 6) is 0.887. The molecule has 0 bridgehead atoms. The minimum atomic E-state index is 0.131. The molecule has 0 spiro atoms. The molecular formula is C16H17N3. The summed E-state index contributed by atoms with van der Waals surface area (Å²) in [6.07, 6.45) is 0. The molecule has 0 fully saturated rings. The summed E-state index contributed by atoms with van der Waals surface area (Å²) in [4.78, 5) is 4.42. The van der Waals surface area contributed by atoms with Gasteiger partial charge in [-0.2, -0.15) is 0 Å². The number of hydrogen-bond acceptors (Lipinski definition) is 3. The first-order valence-electron chi connectivity index (χ1n) is 6.58. The van der Waals surface area contributed by atoms with Gasteiger partial charge in [-0.25, -0.2) is 0 Å². The maximum atomic E-state index is 4.42. The molecule has 19 heavy (non-hydrogen) atoms. The number of aliphatic imine (C=N–C) groups is 1. The molecule has 3 nitrogen and oxygen atoms in total. The van der Waals surface area contributed by atoms with Crippen molar-refractivity contribution in [2.45, 2.75) is 6.04 Å². The third-order valence-corrected chi connectivity index (χ3v) is 3.22. The third-order valence-electron chi connectivity index (χ3n) is 3.22. The van der Waals surface area contributed by atoms with Crippen molar-refractivity contribution in [3.05, 3.63) is 71.8 Å². The van der Waals surface area contributed by atoms with Gasteiger partial charge in [-0.15, -0.1) is 0 Å². The van der Waals surface area contributed by atoms with Gasteiger partial charge in [-0.1, -0.05) is 60.7 Å². The Kier molecular flexibility index (Phi) is 3.45. The smallest absolute Gasteiger partial charge is 0.192 e. The molecule has 2 aromatic rings. The van der Waals surface area contributed by atoms with Gasteiger partial charge >= 0.3 is 0 Å². The fraction of sp³-hybridized carbons (Fsp3) is 0.188. The van der Waals surface area contributed by atoms with Crippen molar-refractivity contribution in [3.8, 4) is 0 Å². The van der Waals surface area contributed by atoms with Crippen LogP contribution in [0.25, 0.3) is 0 Å². The molecule has 0 unspecified atom stereocenters. The van der Waals surface area contributed by atoms with E-state index in [1.807, 2.05) is 12.1 Å². The highest BCUT2D eigenvalue weighted by atomic mass is 15.2. The Morgan fingerprint density at radius 3 is 1.95 bits per heavy atom. The molecule has 3 rings (SSSR count). The van der Waals surface area contributed by atoms with Crippen LogP contribution in [-0.4, -0.2) is 19.0 Å². The summed E-state index contributed by atoms with van der Waals surface area (Å²) in [5, 5.41) is 6.75. The SMILES string of the molecule is c1ccc(C(NC2=NCCN2)c2ccccc2)cc1. The molecule has 96 valence electrons. The Morgan fingerprint density at radius 1 is 0.895 bits per heavy atom. The van der Waals surface area contributed by atoms with Crippen LogP contribution in [0.5, 0.6) is 0 Å². The predicted molar refractivity (Wildman–Crippen MR) is 78.2 cm³/mol. The van der Waals surface area contributed by atoms with E-state index in [1.165, 1.54) is 11.1 Å². The van der Waals surface area contributed by atoms with E-state index < -0.39 is 0 Å². The topological polar surface area (TPSA) is 36.4 Å². The van der Waals surface area contributed by atoms with Crippen molar-refractivity contribution in [1.82, 2.24) is 10.6 Å². The normalized spacial score (nSPS) is 14.1. The molecule has 0 atom stereocenters. The molecule has 3 heteroatoms. The summed E-state index contributed by atoms with van der Waals surface area (Å²) >= 11 is 0. The summed E-state index contributed by atoms with van der Waals surface area (Å²) in [7, 11) is 0. The van der Waals surface area contributed by atoms with Crippen LogP contribution < -0.4 is 10.6 Å². The van der Waals surface area contributed by atoms with E-state index in [0.29, 0.717) is 0 Å². The summed E-state index contributed by atoms with van der Waals surface area (Å²) in [6.45, 7) is 1.76. The van der Waals surface area contributed by atoms with Crippen molar-refractivity contribution < 1.29 is 0 Å². The average molecular weight is 251 g/mol. The number of nitrogens with one attached hydrogen (secondary N) is 2. The van der Waals surface area contributed by atoms with Gasteiger partial charge in [0.1, 0.15) is 0 Å². The molecule has 1 aliphatic rings. The average Bonchev–Trinajstić information content (AvgIpc) is 3.00. The number of benzene rings is 2. The van der Waals surface area contributed by atoms with E-state index in [2.05, 4.69) is 64.2 Å². The first-order valence-corrected chi connectivity index (χ1v) is 6.58. The highest BCUT2D eigenvalue weighted by Gasteiger charge is 2.16. The van der Waals surface area contributed by atoms with Gasteiger partial charge in [0.15, 0.2) is 5.96 Å². The van der Waals surface area contributed by atoms with Crippen LogP contribution in [0.1, 0.15) is 17.2 Å². The van der Waals surface area contributed by atoms with E-state index in [4.69, 9.17) is 0 Å². The van der Waals surface area contributed by atoms with Gasteiger partial charge in [0.05, 0.1) is 12.6 Å². The monoisotopic (exact) mass is 251 g/mol. The lowest BCUT2D eigenvalue weighted by Crippen LogP contribution is -2.37. The zero-order valence-electron chi connectivity index (χ0n) is 10.7. The Hall–Kier alpha value is -2.29. The van der Waals surface area contributed by atoms with Gasteiger partial charge in [-0.05, 0) is 11.1 Å². The van der Waals surface area contributed by atoms with Crippen LogP contribution in [-0.2, 0) is 0 Å². The quantitative estimate of drug-likeness (QED) is 0.878. The van der Waals surface area contributed by atoms with Gasteiger partial charge in [-0.3, -0.25) is 4.99 Å². The van der Waals surface area contributed by atoms with Crippen LogP contribution in [0, 0.1) is 0 Å². The molecule has 0 aliphatic carbocycles. The molecule has 0 saturated carbocycles. The largest absolute Gasteiger partial charge is 0.355 e. The number of nitrogens with zero attached hydrogens (tertiary/aromatic N) is 1. The van der Waals surface area contributed by atoms with Crippen molar-refractivity contribution >= 4 is 5.96 Å². The van der Waals surface area contributed by atoms with Crippen molar-refractivity contribution in [2.75, 3.05) is 13.1 Å². The lowest BCUT2D eigenvalue weighted by Gasteiger charge is -2.20. The van der Waals surface area contributed by atoms with Crippen LogP contribution >= 0.6 is 0 Å². The third kappa shape index (κ3) is 2.76.